The van der Waals surface area contributed by atoms with Crippen LogP contribution in [0, 0.1) is 11.7 Å². The van der Waals surface area contributed by atoms with Crippen LogP contribution < -0.4 is 20.7 Å². The zero-order valence-corrected chi connectivity index (χ0v) is 15.8. The van der Waals surface area contributed by atoms with Gasteiger partial charge in [-0.05, 0) is 37.5 Å². The van der Waals surface area contributed by atoms with E-state index in [-0.39, 0.29) is 23.9 Å². The monoisotopic (exact) mass is 429 g/mol. The van der Waals surface area contributed by atoms with Gasteiger partial charge in [0.05, 0.1) is 0 Å². The second-order valence-electron chi connectivity index (χ2n) is 6.94. The first-order valence-corrected chi connectivity index (χ1v) is 9.02. The molecule has 3 N–H and O–H groups in total. The van der Waals surface area contributed by atoms with Crippen molar-refractivity contribution in [1.82, 2.24) is 20.9 Å². The SMILES string of the molecule is CC1=CC=NC(NC(=O)C2CC2)(C(=O)NCc2cnc(OCC(F)(F)F)c(F)c2)N1. The van der Waals surface area contributed by atoms with Gasteiger partial charge in [-0.25, -0.2) is 14.4 Å². The molecule has 0 radical (unpaired) electrons. The number of carbonyl (C=O) groups is 2. The molecule has 1 aliphatic heterocycles. The number of allylic oxidation sites excluding steroid dienone is 2. The topological polar surface area (TPSA) is 105 Å². The van der Waals surface area contributed by atoms with E-state index in [0.717, 1.165) is 25.1 Å². The molecule has 1 fully saturated rings. The summed E-state index contributed by atoms with van der Waals surface area (Å²) in [5.74, 6) is -4.83. The smallest absolute Gasteiger partial charge is 0.422 e. The Bertz CT molecular complexity index is 898. The first-order chi connectivity index (χ1) is 14.1. The Morgan fingerprint density at radius 2 is 2.10 bits per heavy atom. The van der Waals surface area contributed by atoms with E-state index >= 15 is 0 Å². The van der Waals surface area contributed by atoms with E-state index in [1.807, 2.05) is 0 Å². The lowest BCUT2D eigenvalue weighted by Gasteiger charge is -2.33. The summed E-state index contributed by atoms with van der Waals surface area (Å²) in [7, 11) is 0. The van der Waals surface area contributed by atoms with Crippen LogP contribution in [0.1, 0.15) is 25.3 Å². The Morgan fingerprint density at radius 1 is 1.37 bits per heavy atom. The maximum Gasteiger partial charge on any atom is 0.422 e. The number of amides is 2. The third kappa shape index (κ3) is 5.45. The van der Waals surface area contributed by atoms with Crippen LogP contribution in [-0.4, -0.2) is 41.6 Å². The number of alkyl halides is 3. The van der Waals surface area contributed by atoms with Gasteiger partial charge in [-0.15, -0.1) is 0 Å². The van der Waals surface area contributed by atoms with E-state index in [4.69, 9.17) is 0 Å². The molecule has 2 amide bonds. The van der Waals surface area contributed by atoms with Crippen molar-refractivity contribution in [1.29, 1.82) is 0 Å². The summed E-state index contributed by atoms with van der Waals surface area (Å²) in [6.07, 6.45) is 0.916. The van der Waals surface area contributed by atoms with Gasteiger partial charge in [0, 0.05) is 30.6 Å². The van der Waals surface area contributed by atoms with Gasteiger partial charge in [0.25, 0.3) is 17.6 Å². The minimum Gasteiger partial charge on any atom is -0.466 e. The molecule has 0 spiro atoms. The van der Waals surface area contributed by atoms with Gasteiger partial charge in [0.15, 0.2) is 12.4 Å². The van der Waals surface area contributed by atoms with Crippen molar-refractivity contribution in [3.63, 3.8) is 0 Å². The van der Waals surface area contributed by atoms with Gasteiger partial charge in [-0.3, -0.25) is 9.59 Å². The van der Waals surface area contributed by atoms with Gasteiger partial charge in [0.2, 0.25) is 5.91 Å². The van der Waals surface area contributed by atoms with Crippen molar-refractivity contribution in [2.75, 3.05) is 6.61 Å². The predicted octanol–water partition coefficient (Wildman–Crippen LogP) is 1.54. The van der Waals surface area contributed by atoms with Crippen LogP contribution in [0.4, 0.5) is 17.6 Å². The van der Waals surface area contributed by atoms with Crippen LogP contribution in [0.15, 0.2) is 29.0 Å². The first-order valence-electron chi connectivity index (χ1n) is 9.02. The third-order valence-corrected chi connectivity index (χ3v) is 4.24. The van der Waals surface area contributed by atoms with Crippen LogP contribution in [0.25, 0.3) is 0 Å². The molecular weight excluding hydrogens is 410 g/mol. The number of halogens is 4. The number of carbonyl (C=O) groups excluding carboxylic acids is 2. The highest BCUT2D eigenvalue weighted by Crippen LogP contribution is 2.29. The summed E-state index contributed by atoms with van der Waals surface area (Å²) >= 11 is 0. The van der Waals surface area contributed by atoms with E-state index in [0.29, 0.717) is 5.70 Å². The molecule has 0 bridgehead atoms. The van der Waals surface area contributed by atoms with Crippen LogP contribution in [0.2, 0.25) is 0 Å². The maximum absolute atomic E-state index is 13.9. The summed E-state index contributed by atoms with van der Waals surface area (Å²) < 4.78 is 54.7. The molecule has 162 valence electrons. The Labute approximate surface area is 168 Å². The van der Waals surface area contributed by atoms with E-state index in [1.165, 1.54) is 6.21 Å². The number of aliphatic imine (C=N–C) groups is 1. The summed E-state index contributed by atoms with van der Waals surface area (Å²) in [6.45, 7) is -0.189. The number of rotatable bonds is 7. The zero-order chi connectivity index (χ0) is 21.9. The van der Waals surface area contributed by atoms with Crippen LogP contribution in [-0.2, 0) is 16.1 Å². The standard InChI is InChI=1S/C18H19F4N5O3/c1-10-4-5-25-18(26-10,27-14(28)12-2-3-12)16(29)24-8-11-6-13(19)15(23-7-11)30-9-17(20,21)22/h4-7,12,26H,2-3,8-9H2,1H3,(H,24,29)(H,27,28). The number of nitrogens with zero attached hydrogens (tertiary/aromatic N) is 2. The predicted molar refractivity (Wildman–Crippen MR) is 96.6 cm³/mol. The highest BCUT2D eigenvalue weighted by molar-refractivity contribution is 5.94. The van der Waals surface area contributed by atoms with E-state index in [9.17, 15) is 27.2 Å². The van der Waals surface area contributed by atoms with Crippen molar-refractivity contribution < 1.29 is 31.9 Å². The minimum absolute atomic E-state index is 0.166. The number of hydrogen-bond donors (Lipinski definition) is 3. The molecule has 1 aliphatic carbocycles. The van der Waals surface area contributed by atoms with Crippen molar-refractivity contribution in [3.8, 4) is 5.88 Å². The Balaban J connectivity index is 1.65. The molecule has 3 rings (SSSR count). The van der Waals surface area contributed by atoms with E-state index in [1.54, 1.807) is 13.0 Å². The molecule has 2 aliphatic rings. The van der Waals surface area contributed by atoms with E-state index in [2.05, 4.69) is 30.7 Å². The van der Waals surface area contributed by atoms with E-state index < -0.39 is 36.2 Å². The van der Waals surface area contributed by atoms with Gasteiger partial charge >= 0.3 is 6.18 Å². The summed E-state index contributed by atoms with van der Waals surface area (Å²) in [5.41, 5.74) is 0.769. The first kappa shape index (κ1) is 21.5. The average Bonchev–Trinajstić information content (AvgIpc) is 3.50. The lowest BCUT2D eigenvalue weighted by Crippen LogP contribution is -2.66. The number of hydrogen-bond acceptors (Lipinski definition) is 6. The van der Waals surface area contributed by atoms with Gasteiger partial charge in [-0.2, -0.15) is 13.2 Å². The van der Waals surface area contributed by atoms with Crippen LogP contribution in [0.3, 0.4) is 0 Å². The van der Waals surface area contributed by atoms with Crippen molar-refractivity contribution >= 4 is 18.0 Å². The maximum atomic E-state index is 13.9. The number of nitrogens with one attached hydrogen (secondary N) is 3. The summed E-state index contributed by atoms with van der Waals surface area (Å²) in [5, 5.41) is 7.94. The lowest BCUT2D eigenvalue weighted by molar-refractivity contribution is -0.154. The summed E-state index contributed by atoms with van der Waals surface area (Å²) in [4.78, 5) is 32.6. The van der Waals surface area contributed by atoms with Crippen molar-refractivity contribution in [2.24, 2.45) is 10.9 Å². The number of aromatic nitrogens is 1. The molecule has 1 aromatic heterocycles. The lowest BCUT2D eigenvalue weighted by atomic mass is 10.2. The fourth-order valence-corrected chi connectivity index (χ4v) is 2.61. The van der Waals surface area contributed by atoms with Gasteiger partial charge < -0.3 is 20.7 Å². The second kappa shape index (κ2) is 8.28. The Morgan fingerprint density at radius 3 is 2.70 bits per heavy atom. The number of ether oxygens (including phenoxy) is 1. The third-order valence-electron chi connectivity index (χ3n) is 4.24. The van der Waals surface area contributed by atoms with Crippen LogP contribution >= 0.6 is 0 Å². The molecule has 30 heavy (non-hydrogen) atoms. The van der Waals surface area contributed by atoms with Crippen molar-refractivity contribution in [2.45, 2.75) is 38.3 Å². The molecule has 0 saturated heterocycles. The normalized spacial score (nSPS) is 20.8. The Hall–Kier alpha value is -3.18. The van der Waals surface area contributed by atoms with Crippen LogP contribution in [0.5, 0.6) is 5.88 Å². The molecule has 0 aromatic carbocycles. The molecular formula is C18H19F4N5O3. The largest absolute Gasteiger partial charge is 0.466 e. The molecule has 1 atom stereocenters. The molecule has 1 aromatic rings. The highest BCUT2D eigenvalue weighted by Gasteiger charge is 2.43. The minimum atomic E-state index is -4.62. The fraction of sp³-hybridized carbons (Fsp3) is 0.444. The summed E-state index contributed by atoms with van der Waals surface area (Å²) in [6, 6.07) is 0.900. The molecule has 8 nitrogen and oxygen atoms in total. The zero-order valence-electron chi connectivity index (χ0n) is 15.8. The van der Waals surface area contributed by atoms with Gasteiger partial charge in [-0.1, -0.05) is 0 Å². The molecule has 2 heterocycles. The second-order valence-corrected chi connectivity index (χ2v) is 6.94. The Kier molecular flexibility index (Phi) is 5.94. The molecule has 1 unspecified atom stereocenters. The quantitative estimate of drug-likeness (QED) is 0.571. The van der Waals surface area contributed by atoms with Crippen molar-refractivity contribution in [3.05, 3.63) is 35.4 Å². The van der Waals surface area contributed by atoms with Gasteiger partial charge in [0.1, 0.15) is 0 Å². The number of pyridine rings is 1. The highest BCUT2D eigenvalue weighted by atomic mass is 19.4. The molecule has 1 saturated carbocycles. The average molecular weight is 429 g/mol. The molecule has 12 heteroatoms. The fourth-order valence-electron chi connectivity index (χ4n) is 2.61.